The quantitative estimate of drug-likeness (QED) is 0.125. The second-order valence-corrected chi connectivity index (χ2v) is 11.7. The number of nitrogens with one attached hydrogen (secondary N) is 1. The summed E-state index contributed by atoms with van der Waals surface area (Å²) in [6.07, 6.45) is 1.64. The number of carbonyl (C=O) groups excluding carboxylic acids is 1. The molecule has 2 atom stereocenters. The molecule has 2 N–H and O–H groups in total. The summed E-state index contributed by atoms with van der Waals surface area (Å²) in [7, 11) is -3.67. The van der Waals surface area contributed by atoms with E-state index in [-0.39, 0.29) is 11.0 Å². The van der Waals surface area contributed by atoms with Gasteiger partial charge in [-0.25, -0.2) is 9.88 Å². The first-order valence-electron chi connectivity index (χ1n) is 11.7. The van der Waals surface area contributed by atoms with Gasteiger partial charge in [0.15, 0.2) is 0 Å². The van der Waals surface area contributed by atoms with E-state index >= 15 is 0 Å². The largest absolute Gasteiger partial charge is 0.477 e. The first-order valence-corrected chi connectivity index (χ1v) is 14.4. The summed E-state index contributed by atoms with van der Waals surface area (Å²) in [5.74, 6) is -1.04. The molecule has 4 rings (SSSR count). The highest BCUT2D eigenvalue weighted by atomic mass is 32.1. The van der Waals surface area contributed by atoms with Gasteiger partial charge in [0, 0.05) is 10.1 Å². The first kappa shape index (κ1) is 25.9. The number of hydrogen-bond donors (Lipinski definition) is 2. The molecule has 188 valence electrons. The fraction of sp³-hybridized carbons (Fsp3) is 0.259. The summed E-state index contributed by atoms with van der Waals surface area (Å²) in [6, 6.07) is 19.3. The minimum Gasteiger partial charge on any atom is -0.477 e. The van der Waals surface area contributed by atoms with Crippen LogP contribution in [0.5, 0.6) is 5.75 Å². The SMILES string of the molecule is CCCCOC(=O)[C@H](C)NP(=O)(Cc1ccc2sc(C(=O)O)cc2c1)Oc1cccc2ccccc12. The molecule has 0 aliphatic rings. The number of unbranched alkanes of at least 4 members (excludes halogenated alkanes) is 1. The van der Waals surface area contributed by atoms with E-state index in [4.69, 9.17) is 9.26 Å². The number of ether oxygens (including phenoxy) is 1. The van der Waals surface area contributed by atoms with Crippen LogP contribution in [0.3, 0.4) is 0 Å². The van der Waals surface area contributed by atoms with Crippen LogP contribution < -0.4 is 9.61 Å². The maximum absolute atomic E-state index is 14.3. The van der Waals surface area contributed by atoms with Crippen molar-refractivity contribution in [3.05, 3.63) is 77.2 Å². The zero-order valence-corrected chi connectivity index (χ0v) is 21.8. The fourth-order valence-corrected chi connectivity index (χ4v) is 6.81. The molecule has 0 saturated carbocycles. The van der Waals surface area contributed by atoms with Crippen LogP contribution in [0.1, 0.15) is 41.9 Å². The minimum atomic E-state index is -3.67. The smallest absolute Gasteiger partial charge is 0.345 e. The highest BCUT2D eigenvalue weighted by molar-refractivity contribution is 7.56. The van der Waals surface area contributed by atoms with Crippen LogP contribution in [-0.2, 0) is 20.3 Å². The van der Waals surface area contributed by atoms with Gasteiger partial charge in [-0.2, -0.15) is 0 Å². The zero-order valence-electron chi connectivity index (χ0n) is 20.1. The monoisotopic (exact) mass is 525 g/mol. The van der Waals surface area contributed by atoms with Crippen molar-refractivity contribution in [1.29, 1.82) is 0 Å². The van der Waals surface area contributed by atoms with Gasteiger partial charge in [0.05, 0.1) is 12.8 Å². The van der Waals surface area contributed by atoms with E-state index in [2.05, 4.69) is 5.09 Å². The fourth-order valence-electron chi connectivity index (χ4n) is 3.87. The highest BCUT2D eigenvalue weighted by Gasteiger charge is 2.31. The summed E-state index contributed by atoms with van der Waals surface area (Å²) < 4.78 is 26.6. The molecule has 36 heavy (non-hydrogen) atoms. The van der Waals surface area contributed by atoms with E-state index in [1.54, 1.807) is 25.1 Å². The summed E-state index contributed by atoms with van der Waals surface area (Å²) in [5, 5.41) is 14.7. The highest BCUT2D eigenvalue weighted by Crippen LogP contribution is 2.49. The molecule has 1 heterocycles. The van der Waals surface area contributed by atoms with Crippen molar-refractivity contribution < 1.29 is 28.5 Å². The van der Waals surface area contributed by atoms with Gasteiger partial charge in [0.2, 0.25) is 0 Å². The van der Waals surface area contributed by atoms with Crippen LogP contribution in [-0.4, -0.2) is 29.7 Å². The van der Waals surface area contributed by atoms with Crippen LogP contribution in [0.2, 0.25) is 0 Å². The molecule has 0 amide bonds. The van der Waals surface area contributed by atoms with Crippen molar-refractivity contribution in [2.75, 3.05) is 6.61 Å². The number of thiophene rings is 1. The molecule has 3 aromatic carbocycles. The van der Waals surface area contributed by atoms with Gasteiger partial charge in [-0.3, -0.25) is 9.36 Å². The number of rotatable bonds is 11. The number of fused-ring (bicyclic) bond motifs is 2. The minimum absolute atomic E-state index is 0.00298. The number of carbonyl (C=O) groups is 2. The Morgan fingerprint density at radius 1 is 1.06 bits per heavy atom. The van der Waals surface area contributed by atoms with Crippen LogP contribution in [0.25, 0.3) is 20.9 Å². The third kappa shape index (κ3) is 6.13. The normalized spacial score (nSPS) is 13.8. The Balaban J connectivity index is 1.65. The molecule has 0 radical (unpaired) electrons. The molecule has 9 heteroatoms. The average Bonchev–Trinajstić information content (AvgIpc) is 3.28. The van der Waals surface area contributed by atoms with E-state index in [0.717, 1.165) is 33.7 Å². The lowest BCUT2D eigenvalue weighted by Crippen LogP contribution is -2.35. The maximum atomic E-state index is 14.3. The van der Waals surface area contributed by atoms with E-state index < -0.39 is 25.5 Å². The van der Waals surface area contributed by atoms with Crippen LogP contribution in [0, 0.1) is 0 Å². The second-order valence-electron chi connectivity index (χ2n) is 8.56. The van der Waals surface area contributed by atoms with Gasteiger partial charge < -0.3 is 14.4 Å². The Labute approximate surface area is 213 Å². The van der Waals surface area contributed by atoms with Gasteiger partial charge in [0.25, 0.3) is 0 Å². The Hall–Kier alpha value is -3.19. The molecule has 0 aliphatic heterocycles. The van der Waals surface area contributed by atoms with Gasteiger partial charge in [0.1, 0.15) is 16.7 Å². The van der Waals surface area contributed by atoms with Crippen LogP contribution in [0.15, 0.2) is 66.7 Å². The van der Waals surface area contributed by atoms with Crippen molar-refractivity contribution in [1.82, 2.24) is 5.09 Å². The molecule has 1 unspecified atom stereocenters. The molecule has 7 nitrogen and oxygen atoms in total. The molecular formula is C27H28NO6PS. The Morgan fingerprint density at radius 2 is 1.83 bits per heavy atom. The standard InChI is InChI=1S/C27H28NO6PS/c1-3-4-14-33-27(31)18(2)28-35(32,34-23-11-7-9-20-8-5-6-10-22(20)23)17-19-12-13-24-21(15-19)16-25(36-24)26(29)30/h5-13,15-16,18H,3-4,14,17H2,1-2H3,(H,28,32)(H,29,30)/t18-,35?/m0/s1. The molecule has 0 bridgehead atoms. The maximum Gasteiger partial charge on any atom is 0.345 e. The summed E-state index contributed by atoms with van der Waals surface area (Å²) in [4.78, 5) is 24.1. The molecule has 4 aromatic rings. The number of hydrogen-bond acceptors (Lipinski definition) is 6. The topological polar surface area (TPSA) is 102 Å². The number of carboxylic acid groups (broad SMARTS) is 1. The van der Waals surface area contributed by atoms with Gasteiger partial charge >= 0.3 is 19.5 Å². The molecule has 1 aromatic heterocycles. The third-order valence-corrected chi connectivity index (χ3v) is 8.82. The molecular weight excluding hydrogens is 497 g/mol. The number of benzene rings is 3. The summed E-state index contributed by atoms with van der Waals surface area (Å²) >= 11 is 1.18. The number of esters is 1. The van der Waals surface area contributed by atoms with Crippen LogP contribution >= 0.6 is 18.9 Å². The van der Waals surface area contributed by atoms with Gasteiger partial charge in [-0.05, 0) is 53.9 Å². The summed E-state index contributed by atoms with van der Waals surface area (Å²) in [5.41, 5.74) is 0.694. The van der Waals surface area contributed by atoms with Crippen molar-refractivity contribution in [3.8, 4) is 5.75 Å². The third-order valence-electron chi connectivity index (χ3n) is 5.66. The first-order chi connectivity index (χ1) is 17.3. The average molecular weight is 526 g/mol. The predicted octanol–water partition coefficient (Wildman–Crippen LogP) is 6.85. The van der Waals surface area contributed by atoms with Gasteiger partial charge in [-0.1, -0.05) is 55.8 Å². The predicted molar refractivity (Wildman–Crippen MR) is 143 cm³/mol. The number of aromatic carboxylic acids is 1. The Morgan fingerprint density at radius 3 is 2.61 bits per heavy atom. The van der Waals surface area contributed by atoms with E-state index in [1.165, 1.54) is 11.3 Å². The lowest BCUT2D eigenvalue weighted by molar-refractivity contribution is -0.145. The Bertz CT molecular complexity index is 1440. The molecule has 0 spiro atoms. The molecule has 0 saturated heterocycles. The lowest BCUT2D eigenvalue weighted by Gasteiger charge is -2.24. The molecule has 0 aliphatic carbocycles. The zero-order chi connectivity index (χ0) is 25.7. The Kier molecular flexibility index (Phi) is 8.09. The lowest BCUT2D eigenvalue weighted by atomic mass is 10.1. The van der Waals surface area contributed by atoms with E-state index in [9.17, 15) is 19.3 Å². The van der Waals surface area contributed by atoms with Crippen molar-refractivity contribution >= 4 is 51.7 Å². The van der Waals surface area contributed by atoms with E-state index in [1.807, 2.05) is 55.5 Å². The summed E-state index contributed by atoms with van der Waals surface area (Å²) in [6.45, 7) is 3.91. The van der Waals surface area contributed by atoms with Crippen molar-refractivity contribution in [2.45, 2.75) is 38.9 Å². The second kappa shape index (κ2) is 11.2. The van der Waals surface area contributed by atoms with Gasteiger partial charge in [-0.15, -0.1) is 11.3 Å². The van der Waals surface area contributed by atoms with Crippen LogP contribution in [0.4, 0.5) is 0 Å². The van der Waals surface area contributed by atoms with Crippen molar-refractivity contribution in [2.24, 2.45) is 0 Å². The van der Waals surface area contributed by atoms with Crippen molar-refractivity contribution in [3.63, 3.8) is 0 Å². The molecule has 0 fully saturated rings. The number of carboxylic acids is 1. The van der Waals surface area contributed by atoms with E-state index in [0.29, 0.717) is 17.9 Å².